The number of nitrogens with zero attached hydrogens (tertiary/aromatic N) is 2. The Bertz CT molecular complexity index is 2500. The van der Waals surface area contributed by atoms with E-state index in [-0.39, 0.29) is 0 Å². The molecule has 0 saturated heterocycles. The summed E-state index contributed by atoms with van der Waals surface area (Å²) >= 11 is 0. The maximum absolute atomic E-state index is 5.39. The topological polar surface area (TPSA) is 25.8 Å². The van der Waals surface area contributed by atoms with Gasteiger partial charge < -0.3 is 0 Å². The van der Waals surface area contributed by atoms with Crippen molar-refractivity contribution in [3.05, 3.63) is 170 Å². The van der Waals surface area contributed by atoms with Gasteiger partial charge in [0.15, 0.2) is 5.82 Å². The van der Waals surface area contributed by atoms with Crippen molar-refractivity contribution in [1.29, 1.82) is 0 Å². The molecule has 0 atom stereocenters. The molecule has 0 unspecified atom stereocenters. The fraction of sp³-hybridized carbons (Fsp3) is 0.0435. The van der Waals surface area contributed by atoms with Crippen LogP contribution in [0, 0.1) is 0 Å². The largest absolute Gasteiger partial charge is 0.237 e. The standard InChI is InChI=1S/C46H34N2Si/c1-49(2)44-40-22-10-9-15-34(40)27-28-41(44)42-43(47-45(48-46(42)49)35-16-7-4-8-17-35)39-21-12-20-38(30-39)37-19-11-18-36(29-37)33-25-23-32(24-26-33)31-13-5-3-6-14-31/h3-30H,1-2H3. The Labute approximate surface area is 288 Å². The molecule has 3 heteroatoms. The minimum atomic E-state index is -2.17. The van der Waals surface area contributed by atoms with Crippen LogP contribution >= 0.6 is 0 Å². The van der Waals surface area contributed by atoms with Crippen LogP contribution < -0.4 is 10.5 Å². The van der Waals surface area contributed by atoms with Crippen molar-refractivity contribution in [1.82, 2.24) is 9.97 Å². The Hall–Kier alpha value is -5.90. The second-order valence-corrected chi connectivity index (χ2v) is 17.6. The molecule has 0 aliphatic carbocycles. The molecule has 0 radical (unpaired) electrons. The van der Waals surface area contributed by atoms with Crippen LogP contribution in [0.25, 0.3) is 77.9 Å². The Morgan fingerprint density at radius 3 is 1.61 bits per heavy atom. The van der Waals surface area contributed by atoms with E-state index >= 15 is 0 Å². The number of aromatic nitrogens is 2. The molecule has 1 aliphatic heterocycles. The third kappa shape index (κ3) is 5.02. The van der Waals surface area contributed by atoms with Gasteiger partial charge in [-0.3, -0.25) is 0 Å². The van der Waals surface area contributed by atoms with Gasteiger partial charge in [0.1, 0.15) is 8.07 Å². The first-order chi connectivity index (χ1) is 24.0. The van der Waals surface area contributed by atoms with E-state index in [0.29, 0.717) is 0 Å². The molecule has 7 aromatic carbocycles. The lowest BCUT2D eigenvalue weighted by Crippen LogP contribution is -2.51. The highest BCUT2D eigenvalue weighted by atomic mass is 28.3. The Kier molecular flexibility index (Phi) is 6.96. The van der Waals surface area contributed by atoms with Gasteiger partial charge in [0.2, 0.25) is 0 Å². The third-order valence-corrected chi connectivity index (χ3v) is 13.3. The van der Waals surface area contributed by atoms with Crippen LogP contribution in [0.1, 0.15) is 0 Å². The fourth-order valence-corrected chi connectivity index (χ4v) is 10.9. The van der Waals surface area contributed by atoms with Crippen LogP contribution in [0.4, 0.5) is 0 Å². The molecular weight excluding hydrogens is 609 g/mol. The number of hydrogen-bond acceptors (Lipinski definition) is 2. The molecule has 1 aliphatic rings. The summed E-state index contributed by atoms with van der Waals surface area (Å²) in [6.07, 6.45) is 0. The molecule has 0 saturated carbocycles. The van der Waals surface area contributed by atoms with Crippen molar-refractivity contribution in [2.24, 2.45) is 0 Å². The summed E-state index contributed by atoms with van der Waals surface area (Å²) in [6, 6.07) is 60.9. The SMILES string of the molecule is C[Si]1(C)c2nc(-c3ccccc3)nc(-c3cccc(-c4cccc(-c5ccc(-c6ccccc6)cc5)c4)c3)c2-c2ccc3ccccc3c21. The molecule has 0 spiro atoms. The Balaban J connectivity index is 1.18. The van der Waals surface area contributed by atoms with Gasteiger partial charge in [0.05, 0.1) is 5.69 Å². The number of hydrogen-bond donors (Lipinski definition) is 0. The predicted octanol–water partition coefficient (Wildman–Crippen LogP) is 10.8. The van der Waals surface area contributed by atoms with Gasteiger partial charge in [-0.15, -0.1) is 0 Å². The molecule has 0 N–H and O–H groups in total. The van der Waals surface area contributed by atoms with Gasteiger partial charge in [-0.05, 0) is 67.0 Å². The maximum atomic E-state index is 5.39. The molecule has 1 aromatic heterocycles. The van der Waals surface area contributed by atoms with Gasteiger partial charge in [-0.2, -0.15) is 0 Å². The van der Waals surface area contributed by atoms with E-state index in [2.05, 4.69) is 177 Å². The quantitative estimate of drug-likeness (QED) is 0.175. The zero-order chi connectivity index (χ0) is 33.0. The van der Waals surface area contributed by atoms with E-state index in [9.17, 15) is 0 Å². The molecule has 0 amide bonds. The molecular formula is C46H34N2Si. The van der Waals surface area contributed by atoms with Crippen LogP contribution in [0.15, 0.2) is 170 Å². The van der Waals surface area contributed by atoms with Crippen molar-refractivity contribution < 1.29 is 0 Å². The van der Waals surface area contributed by atoms with Gasteiger partial charge in [-0.1, -0.05) is 171 Å². The van der Waals surface area contributed by atoms with Crippen molar-refractivity contribution in [2.75, 3.05) is 0 Å². The first-order valence-electron chi connectivity index (χ1n) is 16.9. The summed E-state index contributed by atoms with van der Waals surface area (Å²) in [7, 11) is -2.17. The monoisotopic (exact) mass is 642 g/mol. The smallest absolute Gasteiger partial charge is 0.159 e. The third-order valence-electron chi connectivity index (χ3n) is 10.0. The molecule has 49 heavy (non-hydrogen) atoms. The van der Waals surface area contributed by atoms with Crippen molar-refractivity contribution in [3.63, 3.8) is 0 Å². The first kappa shape index (κ1) is 29.3. The highest BCUT2D eigenvalue weighted by molar-refractivity contribution is 7.04. The number of fused-ring (bicyclic) bond motifs is 5. The fourth-order valence-electron chi connectivity index (χ4n) is 7.58. The maximum Gasteiger partial charge on any atom is 0.159 e. The summed E-state index contributed by atoms with van der Waals surface area (Å²) in [4.78, 5) is 10.8. The van der Waals surface area contributed by atoms with Gasteiger partial charge >= 0.3 is 0 Å². The molecule has 0 bridgehead atoms. The van der Waals surface area contributed by atoms with Gasteiger partial charge in [-0.25, -0.2) is 9.97 Å². The molecule has 9 rings (SSSR count). The molecule has 2 nitrogen and oxygen atoms in total. The number of rotatable bonds is 5. The summed E-state index contributed by atoms with van der Waals surface area (Å²) in [5, 5.41) is 5.30. The predicted molar refractivity (Wildman–Crippen MR) is 209 cm³/mol. The van der Waals surface area contributed by atoms with E-state index < -0.39 is 8.07 Å². The summed E-state index contributed by atoms with van der Waals surface area (Å²) in [5.41, 5.74) is 12.8. The normalized spacial score (nSPS) is 12.9. The van der Waals surface area contributed by atoms with Gasteiger partial charge in [0, 0.05) is 22.0 Å². The first-order valence-corrected chi connectivity index (χ1v) is 19.9. The zero-order valence-corrected chi connectivity index (χ0v) is 28.6. The zero-order valence-electron chi connectivity index (χ0n) is 27.6. The summed E-state index contributed by atoms with van der Waals surface area (Å²) < 4.78 is 0. The number of benzene rings is 7. The Morgan fingerprint density at radius 2 is 0.918 bits per heavy atom. The van der Waals surface area contributed by atoms with Gasteiger partial charge in [0.25, 0.3) is 0 Å². The second-order valence-electron chi connectivity index (χ2n) is 13.4. The van der Waals surface area contributed by atoms with E-state index in [1.807, 2.05) is 6.07 Å². The van der Waals surface area contributed by atoms with Crippen molar-refractivity contribution in [3.8, 4) is 67.2 Å². The minimum Gasteiger partial charge on any atom is -0.237 e. The summed E-state index contributed by atoms with van der Waals surface area (Å²) in [5.74, 6) is 0.790. The lowest BCUT2D eigenvalue weighted by molar-refractivity contribution is 1.21. The minimum absolute atomic E-state index is 0.790. The Morgan fingerprint density at radius 1 is 0.408 bits per heavy atom. The van der Waals surface area contributed by atoms with Crippen LogP contribution in [0.5, 0.6) is 0 Å². The van der Waals surface area contributed by atoms with Crippen LogP contribution in [0.3, 0.4) is 0 Å². The summed E-state index contributed by atoms with van der Waals surface area (Å²) in [6.45, 7) is 4.90. The average Bonchev–Trinajstić information content (AvgIpc) is 3.41. The van der Waals surface area contributed by atoms with Crippen molar-refractivity contribution in [2.45, 2.75) is 13.1 Å². The molecule has 232 valence electrons. The average molecular weight is 643 g/mol. The second kappa shape index (κ2) is 11.7. The lowest BCUT2D eigenvalue weighted by Gasteiger charge is -2.20. The van der Waals surface area contributed by atoms with E-state index in [0.717, 1.165) is 22.6 Å². The van der Waals surface area contributed by atoms with E-state index in [4.69, 9.17) is 9.97 Å². The van der Waals surface area contributed by atoms with E-state index in [1.165, 1.54) is 65.8 Å². The highest BCUT2D eigenvalue weighted by Crippen LogP contribution is 2.39. The van der Waals surface area contributed by atoms with E-state index in [1.54, 1.807) is 0 Å². The van der Waals surface area contributed by atoms with Crippen molar-refractivity contribution >= 4 is 29.4 Å². The molecule has 8 aromatic rings. The van der Waals surface area contributed by atoms with Crippen LogP contribution in [-0.4, -0.2) is 18.0 Å². The van der Waals surface area contributed by atoms with Crippen LogP contribution in [0.2, 0.25) is 13.1 Å². The lowest BCUT2D eigenvalue weighted by atomic mass is 9.94. The molecule has 0 fully saturated rings. The molecule has 2 heterocycles. The van der Waals surface area contributed by atoms with Crippen LogP contribution in [-0.2, 0) is 0 Å². The highest BCUT2D eigenvalue weighted by Gasteiger charge is 2.42.